The van der Waals surface area contributed by atoms with Crippen molar-refractivity contribution in [2.45, 2.75) is 64.5 Å². The highest BCUT2D eigenvalue weighted by molar-refractivity contribution is 5.84. The Kier molecular flexibility index (Phi) is 5.08. The van der Waals surface area contributed by atoms with E-state index in [1.54, 1.807) is 0 Å². The molecule has 1 saturated heterocycles. The molecule has 0 aromatic carbocycles. The van der Waals surface area contributed by atoms with Crippen LogP contribution in [0.1, 0.15) is 52.9 Å². The molecule has 0 aromatic heterocycles. The summed E-state index contributed by atoms with van der Waals surface area (Å²) < 4.78 is 0. The number of carbonyl (C=O) groups excluding carboxylic acids is 1. The third kappa shape index (κ3) is 3.34. The summed E-state index contributed by atoms with van der Waals surface area (Å²) in [6.07, 6.45) is 5.42. The number of hydrogen-bond donors (Lipinski definition) is 2. The van der Waals surface area contributed by atoms with E-state index in [0.717, 1.165) is 37.6 Å². The first-order valence-corrected chi connectivity index (χ1v) is 8.26. The Morgan fingerprint density at radius 1 is 1.35 bits per heavy atom. The van der Waals surface area contributed by atoms with E-state index < -0.39 is 5.54 Å². The minimum atomic E-state index is -0.471. The Morgan fingerprint density at radius 3 is 2.55 bits per heavy atom. The highest BCUT2D eigenvalue weighted by Crippen LogP contribution is 2.34. The fraction of sp³-hybridized carbons (Fsp3) is 0.938. The number of nitrogens with two attached hydrogens (primary N) is 1. The van der Waals surface area contributed by atoms with Gasteiger partial charge in [0.05, 0.1) is 5.54 Å². The smallest absolute Gasteiger partial charge is 0.237 e. The minimum absolute atomic E-state index is 0.165. The molecule has 4 atom stereocenters. The molecule has 0 radical (unpaired) electrons. The van der Waals surface area contributed by atoms with Gasteiger partial charge in [-0.25, -0.2) is 0 Å². The average Bonchev–Trinajstić information content (AvgIpc) is 2.38. The Labute approximate surface area is 123 Å². The summed E-state index contributed by atoms with van der Waals surface area (Å²) in [6.45, 7) is 9.90. The number of rotatable bonds is 4. The van der Waals surface area contributed by atoms with Crippen LogP contribution in [0.25, 0.3) is 0 Å². The van der Waals surface area contributed by atoms with Gasteiger partial charge in [0.25, 0.3) is 0 Å². The molecule has 0 bridgehead atoms. The summed E-state index contributed by atoms with van der Waals surface area (Å²) in [5.74, 6) is 1.37. The van der Waals surface area contributed by atoms with Crippen LogP contribution in [0.15, 0.2) is 0 Å². The maximum absolute atomic E-state index is 12.0. The Hall–Kier alpha value is -0.610. The lowest BCUT2D eigenvalue weighted by Gasteiger charge is -2.46. The normalized spacial score (nSPS) is 39.6. The molecule has 4 nitrogen and oxygen atoms in total. The summed E-state index contributed by atoms with van der Waals surface area (Å²) in [5.41, 5.74) is 5.24. The third-order valence-corrected chi connectivity index (χ3v) is 5.13. The molecule has 1 heterocycles. The number of nitrogens with zero attached hydrogens (tertiary/aromatic N) is 1. The second-order valence-electron chi connectivity index (χ2n) is 7.13. The number of hydrogen-bond acceptors (Lipinski definition) is 3. The van der Waals surface area contributed by atoms with Crippen LogP contribution in [0, 0.1) is 11.8 Å². The van der Waals surface area contributed by atoms with E-state index in [1.807, 2.05) is 0 Å². The zero-order valence-electron chi connectivity index (χ0n) is 13.3. The first-order valence-electron chi connectivity index (χ1n) is 8.26. The Bertz CT molecular complexity index is 333. The van der Waals surface area contributed by atoms with Crippen LogP contribution in [0.3, 0.4) is 0 Å². The van der Waals surface area contributed by atoms with Crippen molar-refractivity contribution in [1.29, 1.82) is 0 Å². The second-order valence-corrected chi connectivity index (χ2v) is 7.13. The van der Waals surface area contributed by atoms with Crippen LogP contribution >= 0.6 is 0 Å². The van der Waals surface area contributed by atoms with E-state index in [0.29, 0.717) is 6.04 Å². The van der Waals surface area contributed by atoms with Crippen LogP contribution in [-0.2, 0) is 4.79 Å². The van der Waals surface area contributed by atoms with Gasteiger partial charge in [0.1, 0.15) is 0 Å². The largest absolute Gasteiger partial charge is 0.368 e. The lowest BCUT2D eigenvalue weighted by Crippen LogP contribution is -2.61. The molecule has 1 aliphatic carbocycles. The first-order chi connectivity index (χ1) is 9.47. The van der Waals surface area contributed by atoms with E-state index in [2.05, 4.69) is 31.0 Å². The topological polar surface area (TPSA) is 58.4 Å². The lowest BCUT2D eigenvalue weighted by atomic mass is 9.76. The Morgan fingerprint density at radius 2 is 2.00 bits per heavy atom. The highest BCUT2D eigenvalue weighted by atomic mass is 16.1. The first kappa shape index (κ1) is 15.8. The number of nitrogens with one attached hydrogen (secondary N) is 1. The van der Waals surface area contributed by atoms with E-state index in [9.17, 15) is 4.79 Å². The van der Waals surface area contributed by atoms with E-state index in [1.165, 1.54) is 25.9 Å². The van der Waals surface area contributed by atoms with Gasteiger partial charge in [0, 0.05) is 19.1 Å². The molecule has 1 saturated carbocycles. The van der Waals surface area contributed by atoms with E-state index in [-0.39, 0.29) is 5.91 Å². The maximum atomic E-state index is 12.0. The molecule has 2 fully saturated rings. The van der Waals surface area contributed by atoms with Gasteiger partial charge in [0.15, 0.2) is 0 Å². The molecular weight excluding hydrogens is 250 g/mol. The van der Waals surface area contributed by atoms with Crippen LogP contribution in [0.2, 0.25) is 0 Å². The fourth-order valence-corrected chi connectivity index (χ4v) is 4.38. The predicted octanol–water partition coefficient (Wildman–Crippen LogP) is 1.74. The van der Waals surface area contributed by atoms with E-state index >= 15 is 0 Å². The van der Waals surface area contributed by atoms with Crippen molar-refractivity contribution >= 4 is 5.91 Å². The lowest BCUT2D eigenvalue weighted by molar-refractivity contribution is -0.127. The molecule has 20 heavy (non-hydrogen) atoms. The standard InChI is InChI=1S/C16H31N3O/c1-4-18-16(15(17)20)7-5-6-14(9-16)19-10-12(2)8-13(3)11-19/h12-14,18H,4-11H2,1-3H3,(H2,17,20). The number of primary amides is 1. The Balaban J connectivity index is 2.07. The second kappa shape index (κ2) is 6.44. The van der Waals surface area contributed by atoms with Gasteiger partial charge >= 0.3 is 0 Å². The van der Waals surface area contributed by atoms with Crippen molar-refractivity contribution < 1.29 is 4.79 Å². The number of likely N-dealkylation sites (tertiary alicyclic amines) is 1. The van der Waals surface area contributed by atoms with Gasteiger partial charge in [-0.3, -0.25) is 9.69 Å². The van der Waals surface area contributed by atoms with Gasteiger partial charge < -0.3 is 11.1 Å². The van der Waals surface area contributed by atoms with Gasteiger partial charge in [0.2, 0.25) is 5.91 Å². The quantitative estimate of drug-likeness (QED) is 0.825. The zero-order valence-corrected chi connectivity index (χ0v) is 13.3. The molecule has 4 heteroatoms. The molecule has 1 aliphatic heterocycles. The summed E-state index contributed by atoms with van der Waals surface area (Å²) in [6, 6.07) is 0.514. The molecule has 3 N–H and O–H groups in total. The maximum Gasteiger partial charge on any atom is 0.237 e. The SMILES string of the molecule is CCNC1(C(N)=O)CCCC(N2CC(C)CC(C)C2)C1. The van der Waals surface area contributed by atoms with Crippen molar-refractivity contribution in [1.82, 2.24) is 10.2 Å². The third-order valence-electron chi connectivity index (χ3n) is 5.13. The van der Waals surface area contributed by atoms with E-state index in [4.69, 9.17) is 5.73 Å². The molecule has 2 aliphatic rings. The highest BCUT2D eigenvalue weighted by Gasteiger charge is 2.43. The summed E-state index contributed by atoms with van der Waals surface area (Å²) in [5, 5.41) is 3.39. The molecule has 2 rings (SSSR count). The van der Waals surface area contributed by atoms with Crippen LogP contribution < -0.4 is 11.1 Å². The van der Waals surface area contributed by atoms with Crippen LogP contribution in [-0.4, -0.2) is 42.0 Å². The molecular formula is C16H31N3O. The van der Waals surface area contributed by atoms with Crippen molar-refractivity contribution in [2.24, 2.45) is 17.6 Å². The minimum Gasteiger partial charge on any atom is -0.368 e. The molecule has 1 amide bonds. The zero-order chi connectivity index (χ0) is 14.8. The molecule has 4 unspecified atom stereocenters. The number of likely N-dealkylation sites (N-methyl/N-ethyl adjacent to an activating group) is 1. The van der Waals surface area contributed by atoms with Crippen molar-refractivity contribution in [2.75, 3.05) is 19.6 Å². The fourth-order valence-electron chi connectivity index (χ4n) is 4.38. The average molecular weight is 281 g/mol. The van der Waals surface area contributed by atoms with Crippen molar-refractivity contribution in [3.8, 4) is 0 Å². The predicted molar refractivity (Wildman–Crippen MR) is 82.4 cm³/mol. The molecule has 116 valence electrons. The van der Waals surface area contributed by atoms with Crippen molar-refractivity contribution in [3.63, 3.8) is 0 Å². The number of carbonyl (C=O) groups is 1. The number of piperidine rings is 1. The van der Waals surface area contributed by atoms with Gasteiger partial charge in [-0.2, -0.15) is 0 Å². The molecule has 0 aromatic rings. The van der Waals surface area contributed by atoms with Crippen LogP contribution in [0.5, 0.6) is 0 Å². The van der Waals surface area contributed by atoms with Gasteiger partial charge in [-0.1, -0.05) is 20.8 Å². The summed E-state index contributed by atoms with van der Waals surface area (Å²) in [7, 11) is 0. The number of amides is 1. The monoisotopic (exact) mass is 281 g/mol. The summed E-state index contributed by atoms with van der Waals surface area (Å²) >= 11 is 0. The van der Waals surface area contributed by atoms with Gasteiger partial charge in [-0.05, 0) is 50.5 Å². The molecule has 0 spiro atoms. The van der Waals surface area contributed by atoms with Crippen LogP contribution in [0.4, 0.5) is 0 Å². The van der Waals surface area contributed by atoms with Gasteiger partial charge in [-0.15, -0.1) is 0 Å². The van der Waals surface area contributed by atoms with Crippen molar-refractivity contribution in [3.05, 3.63) is 0 Å². The summed E-state index contributed by atoms with van der Waals surface area (Å²) in [4.78, 5) is 14.6.